The molecule has 2 heterocycles. The number of nitrogens with two attached hydrogens (primary N) is 1. The van der Waals surface area contributed by atoms with E-state index in [2.05, 4.69) is 21.8 Å². The lowest BCUT2D eigenvalue weighted by Gasteiger charge is -2.17. The first-order valence-electron chi connectivity index (χ1n) is 6.48. The molecule has 0 aliphatic carbocycles. The van der Waals surface area contributed by atoms with Crippen LogP contribution in [0.3, 0.4) is 0 Å². The molecule has 2 aromatic rings. The molecule has 2 N–H and O–H groups in total. The Morgan fingerprint density at radius 3 is 2.95 bits per heavy atom. The van der Waals surface area contributed by atoms with Gasteiger partial charge in [-0.1, -0.05) is 11.8 Å². The average Bonchev–Trinajstić information content (AvgIpc) is 2.90. The Kier molecular flexibility index (Phi) is 4.69. The van der Waals surface area contributed by atoms with Gasteiger partial charge in [0.1, 0.15) is 5.82 Å². The van der Waals surface area contributed by atoms with Crippen molar-refractivity contribution < 1.29 is 4.79 Å². The van der Waals surface area contributed by atoms with Crippen molar-refractivity contribution in [1.82, 2.24) is 19.4 Å². The van der Waals surface area contributed by atoms with Crippen molar-refractivity contribution in [2.24, 2.45) is 12.8 Å². The van der Waals surface area contributed by atoms with Crippen LogP contribution in [0, 0.1) is 11.8 Å². The van der Waals surface area contributed by atoms with E-state index < -0.39 is 0 Å². The van der Waals surface area contributed by atoms with Crippen LogP contribution in [0.1, 0.15) is 21.7 Å². The third-order valence-corrected chi connectivity index (χ3v) is 3.02. The van der Waals surface area contributed by atoms with Crippen molar-refractivity contribution in [3.05, 3.63) is 47.8 Å². The van der Waals surface area contributed by atoms with Crippen LogP contribution in [-0.4, -0.2) is 38.9 Å². The number of imidazole rings is 1. The van der Waals surface area contributed by atoms with Crippen LogP contribution in [0.25, 0.3) is 0 Å². The van der Waals surface area contributed by atoms with E-state index in [-0.39, 0.29) is 12.5 Å². The first-order chi connectivity index (χ1) is 10.1. The molecular formula is C15H17N5O. The van der Waals surface area contributed by atoms with Crippen LogP contribution in [0.15, 0.2) is 30.9 Å². The second-order valence-corrected chi connectivity index (χ2v) is 4.54. The summed E-state index contributed by atoms with van der Waals surface area (Å²) in [5.41, 5.74) is 6.47. The van der Waals surface area contributed by atoms with E-state index in [0.29, 0.717) is 17.7 Å². The molecular weight excluding hydrogens is 266 g/mol. The topological polar surface area (TPSA) is 77.0 Å². The number of aryl methyl sites for hydroxylation is 1. The summed E-state index contributed by atoms with van der Waals surface area (Å²) in [7, 11) is 3.63. The molecule has 0 saturated heterocycles. The maximum absolute atomic E-state index is 12.5. The quantitative estimate of drug-likeness (QED) is 0.827. The average molecular weight is 283 g/mol. The van der Waals surface area contributed by atoms with Gasteiger partial charge in [0.2, 0.25) is 0 Å². The fourth-order valence-electron chi connectivity index (χ4n) is 1.87. The highest BCUT2D eigenvalue weighted by atomic mass is 16.2. The molecule has 2 rings (SSSR count). The zero-order valence-corrected chi connectivity index (χ0v) is 12.1. The predicted molar refractivity (Wildman–Crippen MR) is 79.2 cm³/mol. The van der Waals surface area contributed by atoms with E-state index in [9.17, 15) is 4.79 Å². The molecule has 0 saturated carbocycles. The number of carbonyl (C=O) groups excluding carboxylic acids is 1. The molecule has 0 bridgehead atoms. The van der Waals surface area contributed by atoms with Crippen LogP contribution in [-0.2, 0) is 13.6 Å². The fourth-order valence-corrected chi connectivity index (χ4v) is 1.87. The van der Waals surface area contributed by atoms with E-state index in [4.69, 9.17) is 5.73 Å². The lowest BCUT2D eigenvalue weighted by molar-refractivity contribution is 0.0780. The van der Waals surface area contributed by atoms with Crippen LogP contribution in [0.2, 0.25) is 0 Å². The molecule has 0 fully saturated rings. The SMILES string of the molecule is CN(Cc1nccn1C)C(=O)c1ccncc1C#CCN. The molecule has 0 aromatic carbocycles. The van der Waals surface area contributed by atoms with Gasteiger partial charge in [-0.2, -0.15) is 0 Å². The van der Waals surface area contributed by atoms with Gasteiger partial charge in [0, 0.05) is 38.9 Å². The van der Waals surface area contributed by atoms with Gasteiger partial charge in [0.25, 0.3) is 5.91 Å². The van der Waals surface area contributed by atoms with E-state index in [1.165, 1.54) is 0 Å². The van der Waals surface area contributed by atoms with Gasteiger partial charge >= 0.3 is 0 Å². The van der Waals surface area contributed by atoms with Gasteiger partial charge < -0.3 is 15.2 Å². The van der Waals surface area contributed by atoms with Crippen molar-refractivity contribution >= 4 is 5.91 Å². The van der Waals surface area contributed by atoms with Gasteiger partial charge in [-0.15, -0.1) is 0 Å². The van der Waals surface area contributed by atoms with Crippen LogP contribution in [0.4, 0.5) is 0 Å². The smallest absolute Gasteiger partial charge is 0.255 e. The number of pyridine rings is 1. The Morgan fingerprint density at radius 1 is 1.48 bits per heavy atom. The van der Waals surface area contributed by atoms with E-state index >= 15 is 0 Å². The van der Waals surface area contributed by atoms with Crippen LogP contribution in [0.5, 0.6) is 0 Å². The summed E-state index contributed by atoms with van der Waals surface area (Å²) in [5.74, 6) is 6.31. The van der Waals surface area contributed by atoms with E-state index in [1.807, 2.05) is 17.8 Å². The summed E-state index contributed by atoms with van der Waals surface area (Å²) in [5, 5.41) is 0. The highest BCUT2D eigenvalue weighted by Gasteiger charge is 2.16. The normalized spacial score (nSPS) is 9.86. The second kappa shape index (κ2) is 6.68. The standard InChI is InChI=1S/C15H17N5O/c1-19-9-8-18-14(19)11-20(2)15(21)13-5-7-17-10-12(13)4-3-6-16/h5,7-10H,6,11,16H2,1-2H3. The lowest BCUT2D eigenvalue weighted by atomic mass is 10.1. The molecule has 108 valence electrons. The van der Waals surface area contributed by atoms with Crippen molar-refractivity contribution in [3.8, 4) is 11.8 Å². The molecule has 6 heteroatoms. The summed E-state index contributed by atoms with van der Waals surface area (Å²) in [4.78, 5) is 22.3. The third-order valence-electron chi connectivity index (χ3n) is 3.02. The van der Waals surface area contributed by atoms with Crippen molar-refractivity contribution in [2.75, 3.05) is 13.6 Å². The molecule has 2 aromatic heterocycles. The van der Waals surface area contributed by atoms with Gasteiger partial charge in [-0.3, -0.25) is 9.78 Å². The summed E-state index contributed by atoms with van der Waals surface area (Å²) in [6.07, 6.45) is 6.70. The molecule has 0 aliphatic heterocycles. The Hall–Kier alpha value is -2.65. The number of nitrogens with zero attached hydrogens (tertiary/aromatic N) is 4. The molecule has 0 spiro atoms. The Morgan fingerprint density at radius 2 is 2.29 bits per heavy atom. The molecule has 1 amide bonds. The maximum atomic E-state index is 12.5. The Balaban J connectivity index is 2.21. The number of rotatable bonds is 3. The van der Waals surface area contributed by atoms with E-state index in [1.54, 1.807) is 36.6 Å². The highest BCUT2D eigenvalue weighted by Crippen LogP contribution is 2.10. The minimum atomic E-state index is -0.123. The minimum absolute atomic E-state index is 0.123. The number of hydrogen-bond donors (Lipinski definition) is 1. The number of carbonyl (C=O) groups is 1. The maximum Gasteiger partial charge on any atom is 0.255 e. The predicted octanol–water partition coefficient (Wildman–Crippen LogP) is 0.398. The Bertz CT molecular complexity index is 695. The monoisotopic (exact) mass is 283 g/mol. The summed E-state index contributed by atoms with van der Waals surface area (Å²) >= 11 is 0. The van der Waals surface area contributed by atoms with Gasteiger partial charge in [0.15, 0.2) is 0 Å². The van der Waals surface area contributed by atoms with Crippen molar-refractivity contribution in [3.63, 3.8) is 0 Å². The van der Waals surface area contributed by atoms with Gasteiger partial charge in [0.05, 0.1) is 24.2 Å². The first kappa shape index (κ1) is 14.8. The van der Waals surface area contributed by atoms with Gasteiger partial charge in [-0.05, 0) is 6.07 Å². The van der Waals surface area contributed by atoms with Gasteiger partial charge in [-0.25, -0.2) is 4.98 Å². The summed E-state index contributed by atoms with van der Waals surface area (Å²) in [6.45, 7) is 0.667. The number of hydrogen-bond acceptors (Lipinski definition) is 4. The zero-order chi connectivity index (χ0) is 15.2. The number of amides is 1. The molecule has 0 radical (unpaired) electrons. The molecule has 6 nitrogen and oxygen atoms in total. The molecule has 0 aliphatic rings. The minimum Gasteiger partial charge on any atom is -0.337 e. The fraction of sp³-hybridized carbons (Fsp3) is 0.267. The largest absolute Gasteiger partial charge is 0.337 e. The first-order valence-corrected chi connectivity index (χ1v) is 6.48. The second-order valence-electron chi connectivity index (χ2n) is 4.54. The van der Waals surface area contributed by atoms with E-state index in [0.717, 1.165) is 5.82 Å². The number of aromatic nitrogens is 3. The van der Waals surface area contributed by atoms with Crippen LogP contribution >= 0.6 is 0 Å². The summed E-state index contributed by atoms with van der Waals surface area (Å²) in [6, 6.07) is 1.66. The molecule has 0 unspecified atom stereocenters. The lowest BCUT2D eigenvalue weighted by Crippen LogP contribution is -2.28. The molecule has 21 heavy (non-hydrogen) atoms. The molecule has 0 atom stereocenters. The summed E-state index contributed by atoms with van der Waals surface area (Å²) < 4.78 is 1.88. The van der Waals surface area contributed by atoms with Crippen molar-refractivity contribution in [2.45, 2.75) is 6.54 Å². The highest BCUT2D eigenvalue weighted by molar-refractivity contribution is 5.96. The third kappa shape index (κ3) is 3.46. The van der Waals surface area contributed by atoms with Crippen molar-refractivity contribution in [1.29, 1.82) is 0 Å². The zero-order valence-electron chi connectivity index (χ0n) is 12.1. The van der Waals surface area contributed by atoms with Crippen LogP contribution < -0.4 is 5.73 Å². The Labute approximate surface area is 123 Å².